The molecule has 1 fully saturated rings. The van der Waals surface area contributed by atoms with E-state index in [9.17, 15) is 0 Å². The van der Waals surface area contributed by atoms with Gasteiger partial charge in [0.2, 0.25) is 0 Å². The molecular formula is C10H23NOSi. The molecular weight excluding hydrogens is 178 g/mol. The van der Waals surface area contributed by atoms with Gasteiger partial charge in [-0.3, -0.25) is 0 Å². The lowest BCUT2D eigenvalue weighted by atomic mass is 10.2. The van der Waals surface area contributed by atoms with Gasteiger partial charge in [0.25, 0.3) is 0 Å². The fourth-order valence-corrected chi connectivity index (χ4v) is 3.73. The number of ether oxygens (including phenoxy) is 1. The average molecular weight is 201 g/mol. The van der Waals surface area contributed by atoms with Crippen LogP contribution in [0.2, 0.25) is 19.6 Å². The van der Waals surface area contributed by atoms with Crippen LogP contribution in [0.1, 0.15) is 12.8 Å². The molecule has 0 amide bonds. The van der Waals surface area contributed by atoms with E-state index < -0.39 is 8.07 Å². The minimum Gasteiger partial charge on any atom is -0.383 e. The second kappa shape index (κ2) is 4.58. The van der Waals surface area contributed by atoms with Crippen LogP contribution in [0.5, 0.6) is 0 Å². The number of hydrogen-bond donors (Lipinski definition) is 0. The molecule has 0 aromatic heterocycles. The summed E-state index contributed by atoms with van der Waals surface area (Å²) in [6.45, 7) is 9.53. The van der Waals surface area contributed by atoms with Crippen LogP contribution in [0.25, 0.3) is 0 Å². The maximum atomic E-state index is 5.24. The Balaban J connectivity index is 2.39. The lowest BCUT2D eigenvalue weighted by Crippen LogP contribution is -2.44. The summed E-state index contributed by atoms with van der Waals surface area (Å²) in [6, 6.07) is 0.705. The summed E-state index contributed by atoms with van der Waals surface area (Å²) < 4.78 is 5.24. The molecule has 3 heteroatoms. The number of rotatable bonds is 4. The minimum atomic E-state index is -0.923. The Morgan fingerprint density at radius 3 is 2.62 bits per heavy atom. The monoisotopic (exact) mass is 201 g/mol. The average Bonchev–Trinajstić information content (AvgIpc) is 2.34. The van der Waals surface area contributed by atoms with Crippen LogP contribution in [0.3, 0.4) is 0 Å². The lowest BCUT2D eigenvalue weighted by Gasteiger charge is -2.29. The number of methoxy groups -OCH3 is 1. The zero-order valence-corrected chi connectivity index (χ0v) is 10.5. The fourth-order valence-electron chi connectivity index (χ4n) is 2.09. The van der Waals surface area contributed by atoms with E-state index in [1.807, 2.05) is 7.11 Å². The van der Waals surface area contributed by atoms with Crippen molar-refractivity contribution in [3.63, 3.8) is 0 Å². The highest BCUT2D eigenvalue weighted by Crippen LogP contribution is 2.19. The van der Waals surface area contributed by atoms with E-state index in [0.29, 0.717) is 6.04 Å². The van der Waals surface area contributed by atoms with Gasteiger partial charge >= 0.3 is 0 Å². The Bertz CT molecular complexity index is 155. The second-order valence-corrected chi connectivity index (χ2v) is 10.7. The molecule has 0 aromatic rings. The van der Waals surface area contributed by atoms with E-state index in [1.54, 1.807) is 0 Å². The summed E-state index contributed by atoms with van der Waals surface area (Å²) in [5.41, 5.74) is 0. The van der Waals surface area contributed by atoms with Gasteiger partial charge in [-0.05, 0) is 25.6 Å². The molecule has 0 aromatic carbocycles. The Morgan fingerprint density at radius 2 is 2.08 bits per heavy atom. The molecule has 0 radical (unpaired) electrons. The molecule has 1 aliphatic rings. The topological polar surface area (TPSA) is 12.5 Å². The zero-order chi connectivity index (χ0) is 9.90. The molecule has 78 valence electrons. The molecule has 0 aliphatic carbocycles. The van der Waals surface area contributed by atoms with Crippen molar-refractivity contribution in [1.82, 2.24) is 4.90 Å². The first kappa shape index (κ1) is 11.2. The third kappa shape index (κ3) is 3.79. The first-order valence-electron chi connectivity index (χ1n) is 5.26. The summed E-state index contributed by atoms with van der Waals surface area (Å²) in [7, 11) is 0.888. The van der Waals surface area contributed by atoms with E-state index in [2.05, 4.69) is 24.5 Å². The van der Waals surface area contributed by atoms with Crippen LogP contribution in [-0.4, -0.2) is 45.4 Å². The quantitative estimate of drug-likeness (QED) is 0.645. The summed E-state index contributed by atoms with van der Waals surface area (Å²) in [5.74, 6) is 0. The molecule has 1 saturated heterocycles. The van der Waals surface area contributed by atoms with Gasteiger partial charge in [-0.2, -0.15) is 0 Å². The molecule has 0 spiro atoms. The lowest BCUT2D eigenvalue weighted by molar-refractivity contribution is 0.124. The molecule has 1 rings (SSSR count). The van der Waals surface area contributed by atoms with Crippen molar-refractivity contribution in [2.75, 3.05) is 26.4 Å². The summed E-state index contributed by atoms with van der Waals surface area (Å²) in [6.07, 6.45) is 4.03. The van der Waals surface area contributed by atoms with Crippen LogP contribution < -0.4 is 0 Å². The highest BCUT2D eigenvalue weighted by atomic mass is 28.3. The molecule has 1 aliphatic heterocycles. The van der Waals surface area contributed by atoms with E-state index in [1.165, 1.54) is 25.6 Å². The molecule has 0 saturated carbocycles. The van der Waals surface area contributed by atoms with Gasteiger partial charge in [-0.15, -0.1) is 0 Å². The van der Waals surface area contributed by atoms with Gasteiger partial charge in [-0.25, -0.2) is 0 Å². The Kier molecular flexibility index (Phi) is 3.95. The molecule has 1 atom stereocenters. The molecule has 0 unspecified atom stereocenters. The van der Waals surface area contributed by atoms with Crippen LogP contribution in [-0.2, 0) is 4.74 Å². The van der Waals surface area contributed by atoms with Crippen LogP contribution in [0, 0.1) is 0 Å². The normalized spacial score (nSPS) is 25.4. The van der Waals surface area contributed by atoms with Gasteiger partial charge in [0, 0.05) is 13.2 Å². The van der Waals surface area contributed by atoms with Crippen molar-refractivity contribution in [2.24, 2.45) is 0 Å². The third-order valence-corrected chi connectivity index (χ3v) is 3.89. The SMILES string of the molecule is COC[C@@H]1CCCN1C[Si](C)(C)C. The number of likely N-dealkylation sites (tertiary alicyclic amines) is 1. The first-order valence-corrected chi connectivity index (χ1v) is 8.96. The Hall–Kier alpha value is 0.137. The van der Waals surface area contributed by atoms with Gasteiger partial charge in [-0.1, -0.05) is 19.6 Å². The summed E-state index contributed by atoms with van der Waals surface area (Å²) in [5, 5.41) is 0. The number of nitrogens with zero attached hydrogens (tertiary/aromatic N) is 1. The highest BCUT2D eigenvalue weighted by Gasteiger charge is 2.28. The van der Waals surface area contributed by atoms with Gasteiger partial charge in [0.05, 0.1) is 14.7 Å². The summed E-state index contributed by atoms with van der Waals surface area (Å²) in [4.78, 5) is 2.63. The van der Waals surface area contributed by atoms with E-state index in [0.717, 1.165) is 6.61 Å². The maximum absolute atomic E-state index is 5.24. The zero-order valence-electron chi connectivity index (χ0n) is 9.47. The van der Waals surface area contributed by atoms with Crippen LogP contribution in [0.15, 0.2) is 0 Å². The highest BCUT2D eigenvalue weighted by molar-refractivity contribution is 6.76. The fraction of sp³-hybridized carbons (Fsp3) is 1.00. The van der Waals surface area contributed by atoms with Crippen LogP contribution >= 0.6 is 0 Å². The summed E-state index contributed by atoms with van der Waals surface area (Å²) >= 11 is 0. The van der Waals surface area contributed by atoms with Crippen molar-refractivity contribution in [3.05, 3.63) is 0 Å². The van der Waals surface area contributed by atoms with Crippen molar-refractivity contribution in [2.45, 2.75) is 38.5 Å². The molecule has 2 nitrogen and oxygen atoms in total. The van der Waals surface area contributed by atoms with E-state index in [4.69, 9.17) is 4.74 Å². The third-order valence-electron chi connectivity index (χ3n) is 2.54. The second-order valence-electron chi connectivity index (χ2n) is 5.28. The van der Waals surface area contributed by atoms with E-state index >= 15 is 0 Å². The molecule has 0 bridgehead atoms. The van der Waals surface area contributed by atoms with Gasteiger partial charge < -0.3 is 9.64 Å². The van der Waals surface area contributed by atoms with Gasteiger partial charge in [0.15, 0.2) is 0 Å². The van der Waals surface area contributed by atoms with Crippen LogP contribution in [0.4, 0.5) is 0 Å². The smallest absolute Gasteiger partial charge is 0.0617 e. The molecule has 13 heavy (non-hydrogen) atoms. The predicted octanol–water partition coefficient (Wildman–Crippen LogP) is 1.97. The standard InChI is InChI=1S/C10H23NOSi/c1-12-8-10-6-5-7-11(10)9-13(2,3)4/h10H,5-9H2,1-4H3/t10-/m0/s1. The van der Waals surface area contributed by atoms with Crippen molar-refractivity contribution >= 4 is 8.07 Å². The Labute approximate surface area is 83.3 Å². The first-order chi connectivity index (χ1) is 6.03. The van der Waals surface area contributed by atoms with Crippen molar-refractivity contribution in [3.8, 4) is 0 Å². The van der Waals surface area contributed by atoms with Gasteiger partial charge in [0.1, 0.15) is 0 Å². The largest absolute Gasteiger partial charge is 0.383 e. The van der Waals surface area contributed by atoms with E-state index in [-0.39, 0.29) is 0 Å². The predicted molar refractivity (Wildman–Crippen MR) is 59.8 cm³/mol. The Morgan fingerprint density at radius 1 is 1.38 bits per heavy atom. The van der Waals surface area contributed by atoms with Crippen molar-refractivity contribution < 1.29 is 4.74 Å². The van der Waals surface area contributed by atoms with Crippen molar-refractivity contribution in [1.29, 1.82) is 0 Å². The number of hydrogen-bond acceptors (Lipinski definition) is 2. The molecule has 0 N–H and O–H groups in total. The molecule has 1 heterocycles. The maximum Gasteiger partial charge on any atom is 0.0617 e. The minimum absolute atomic E-state index is 0.705.